The lowest BCUT2D eigenvalue weighted by atomic mass is 10.1. The Labute approximate surface area is 103 Å². The molecule has 1 aromatic heterocycles. The number of benzene rings is 1. The summed E-state index contributed by atoms with van der Waals surface area (Å²) in [5.41, 5.74) is -0.669. The predicted molar refractivity (Wildman–Crippen MR) is 65.6 cm³/mol. The Hall–Kier alpha value is -2.37. The zero-order valence-electron chi connectivity index (χ0n) is 9.95. The van der Waals surface area contributed by atoms with Crippen molar-refractivity contribution in [1.29, 1.82) is 0 Å². The van der Waals surface area contributed by atoms with Crippen LogP contribution in [0.1, 0.15) is 13.8 Å². The molecule has 1 N–H and O–H groups in total. The van der Waals surface area contributed by atoms with Gasteiger partial charge in [-0.15, -0.1) is 0 Å². The number of aliphatic carboxylic acids is 1. The van der Waals surface area contributed by atoms with E-state index in [4.69, 9.17) is 0 Å². The second kappa shape index (κ2) is 3.83. The Bertz CT molecular complexity index is 643. The first kappa shape index (κ1) is 12.1. The Morgan fingerprint density at radius 3 is 2.61 bits per heavy atom. The number of carboxylic acid groups (broad SMARTS) is 1. The Kier molecular flexibility index (Phi) is 2.58. The van der Waals surface area contributed by atoms with E-state index >= 15 is 0 Å². The maximum absolute atomic E-state index is 11.2. The molecule has 1 aromatic carbocycles. The lowest BCUT2D eigenvalue weighted by molar-refractivity contribution is -0.384. The van der Waals surface area contributed by atoms with E-state index < -0.39 is 16.4 Å². The van der Waals surface area contributed by atoms with Crippen LogP contribution in [0.5, 0.6) is 0 Å². The molecule has 0 aliphatic carbocycles. The molecular formula is C12H12N2O4. The molecule has 0 unspecified atom stereocenters. The summed E-state index contributed by atoms with van der Waals surface area (Å²) in [6.45, 7) is 3.10. The summed E-state index contributed by atoms with van der Waals surface area (Å²) < 4.78 is 1.53. The molecule has 1 heterocycles. The van der Waals surface area contributed by atoms with E-state index in [-0.39, 0.29) is 5.69 Å². The van der Waals surface area contributed by atoms with Crippen LogP contribution < -0.4 is 0 Å². The normalized spacial score (nSPS) is 11.7. The molecule has 6 heteroatoms. The number of non-ortho nitro benzene ring substituents is 1. The average Bonchev–Trinajstić information content (AvgIpc) is 2.71. The molecule has 2 aromatic rings. The van der Waals surface area contributed by atoms with Gasteiger partial charge < -0.3 is 9.67 Å². The minimum absolute atomic E-state index is 0.0522. The van der Waals surface area contributed by atoms with Gasteiger partial charge in [0, 0.05) is 23.7 Å². The van der Waals surface area contributed by atoms with Gasteiger partial charge in [0.2, 0.25) is 0 Å². The fourth-order valence-electron chi connectivity index (χ4n) is 1.82. The molecule has 0 spiro atoms. The number of carboxylic acids is 1. The second-order valence-corrected chi connectivity index (χ2v) is 4.55. The summed E-state index contributed by atoms with van der Waals surface area (Å²) in [4.78, 5) is 21.5. The lowest BCUT2D eigenvalue weighted by Gasteiger charge is -2.22. The van der Waals surface area contributed by atoms with Crippen molar-refractivity contribution in [3.63, 3.8) is 0 Å². The van der Waals surface area contributed by atoms with Crippen LogP contribution in [0.3, 0.4) is 0 Å². The largest absolute Gasteiger partial charge is 0.480 e. The molecule has 0 amide bonds. The number of nitrogens with zero attached hydrogens (tertiary/aromatic N) is 2. The molecule has 0 saturated carbocycles. The van der Waals surface area contributed by atoms with E-state index in [0.717, 1.165) is 5.39 Å². The van der Waals surface area contributed by atoms with Crippen LogP contribution in [-0.2, 0) is 10.3 Å². The molecule has 94 valence electrons. The van der Waals surface area contributed by atoms with Crippen LogP contribution in [0.2, 0.25) is 0 Å². The lowest BCUT2D eigenvalue weighted by Crippen LogP contribution is -2.34. The van der Waals surface area contributed by atoms with E-state index in [2.05, 4.69) is 0 Å². The maximum Gasteiger partial charge on any atom is 0.329 e. The number of aromatic nitrogens is 1. The van der Waals surface area contributed by atoms with Crippen molar-refractivity contribution in [3.8, 4) is 0 Å². The third kappa shape index (κ3) is 1.71. The van der Waals surface area contributed by atoms with Crippen LogP contribution in [0.4, 0.5) is 5.69 Å². The van der Waals surface area contributed by atoms with E-state index in [1.54, 1.807) is 32.2 Å². The monoisotopic (exact) mass is 248 g/mol. The molecule has 0 aliphatic heterocycles. The van der Waals surface area contributed by atoms with Gasteiger partial charge in [0.1, 0.15) is 5.54 Å². The van der Waals surface area contributed by atoms with Crippen LogP contribution in [0.15, 0.2) is 30.5 Å². The fraction of sp³-hybridized carbons (Fsp3) is 0.250. The van der Waals surface area contributed by atoms with E-state index in [1.165, 1.54) is 16.7 Å². The predicted octanol–water partition coefficient (Wildman–Crippen LogP) is 2.37. The number of rotatable bonds is 3. The third-order valence-corrected chi connectivity index (χ3v) is 3.01. The highest BCUT2D eigenvalue weighted by Crippen LogP contribution is 2.27. The zero-order valence-corrected chi connectivity index (χ0v) is 9.95. The van der Waals surface area contributed by atoms with Gasteiger partial charge in [-0.3, -0.25) is 10.1 Å². The topological polar surface area (TPSA) is 85.4 Å². The number of hydrogen-bond acceptors (Lipinski definition) is 3. The Morgan fingerprint density at radius 1 is 1.39 bits per heavy atom. The average molecular weight is 248 g/mol. The molecule has 6 nitrogen and oxygen atoms in total. The highest BCUT2D eigenvalue weighted by Gasteiger charge is 2.30. The van der Waals surface area contributed by atoms with Crippen molar-refractivity contribution in [1.82, 2.24) is 4.57 Å². The molecule has 0 bridgehead atoms. The van der Waals surface area contributed by atoms with Crippen LogP contribution in [-0.4, -0.2) is 20.6 Å². The number of carbonyl (C=O) groups is 1. The van der Waals surface area contributed by atoms with Gasteiger partial charge in [0.05, 0.1) is 10.4 Å². The number of fused-ring (bicyclic) bond motifs is 1. The molecule has 0 aliphatic rings. The van der Waals surface area contributed by atoms with Gasteiger partial charge in [-0.25, -0.2) is 4.79 Å². The molecule has 18 heavy (non-hydrogen) atoms. The summed E-state index contributed by atoms with van der Waals surface area (Å²) in [6.07, 6.45) is 1.63. The van der Waals surface area contributed by atoms with Crippen LogP contribution in [0, 0.1) is 10.1 Å². The standard InChI is InChI=1S/C12H12N2O4/c1-12(2,11(15)16)13-6-5-8-3-4-9(14(17)18)7-10(8)13/h3-7H,1-2H3,(H,15,16). The third-order valence-electron chi connectivity index (χ3n) is 3.01. The summed E-state index contributed by atoms with van der Waals surface area (Å²) in [6, 6.07) is 6.14. The quantitative estimate of drug-likeness (QED) is 0.667. The highest BCUT2D eigenvalue weighted by molar-refractivity contribution is 5.86. The zero-order chi connectivity index (χ0) is 13.5. The van der Waals surface area contributed by atoms with Gasteiger partial charge in [-0.1, -0.05) is 0 Å². The highest BCUT2D eigenvalue weighted by atomic mass is 16.6. The van der Waals surface area contributed by atoms with Crippen LogP contribution >= 0.6 is 0 Å². The van der Waals surface area contributed by atoms with Gasteiger partial charge in [0.25, 0.3) is 5.69 Å². The minimum atomic E-state index is -1.16. The number of nitro groups is 1. The van der Waals surface area contributed by atoms with Gasteiger partial charge in [-0.05, 0) is 26.0 Å². The summed E-state index contributed by atoms with van der Waals surface area (Å²) >= 11 is 0. The van der Waals surface area contributed by atoms with Gasteiger partial charge in [-0.2, -0.15) is 0 Å². The smallest absolute Gasteiger partial charge is 0.329 e. The summed E-state index contributed by atoms with van der Waals surface area (Å²) in [7, 11) is 0. The molecule has 0 radical (unpaired) electrons. The van der Waals surface area contributed by atoms with E-state index in [9.17, 15) is 20.0 Å². The first-order chi connectivity index (χ1) is 8.34. The molecule has 2 rings (SSSR count). The van der Waals surface area contributed by atoms with E-state index in [0.29, 0.717) is 5.52 Å². The van der Waals surface area contributed by atoms with Crippen molar-refractivity contribution in [3.05, 3.63) is 40.6 Å². The summed E-state index contributed by atoms with van der Waals surface area (Å²) in [5.74, 6) is -0.994. The molecule has 0 fully saturated rings. The Morgan fingerprint density at radius 2 is 2.06 bits per heavy atom. The van der Waals surface area contributed by atoms with Gasteiger partial charge >= 0.3 is 5.97 Å². The molecular weight excluding hydrogens is 236 g/mol. The molecule has 0 atom stereocenters. The second-order valence-electron chi connectivity index (χ2n) is 4.55. The Balaban J connectivity index is 2.69. The fourth-order valence-corrected chi connectivity index (χ4v) is 1.82. The minimum Gasteiger partial charge on any atom is -0.480 e. The summed E-state index contributed by atoms with van der Waals surface area (Å²) in [5, 5.41) is 20.7. The number of hydrogen-bond donors (Lipinski definition) is 1. The van der Waals surface area contributed by atoms with Gasteiger partial charge in [0.15, 0.2) is 0 Å². The van der Waals surface area contributed by atoms with Crippen molar-refractivity contribution in [2.24, 2.45) is 0 Å². The first-order valence-electron chi connectivity index (χ1n) is 5.33. The van der Waals surface area contributed by atoms with Crippen molar-refractivity contribution in [2.75, 3.05) is 0 Å². The molecule has 0 saturated heterocycles. The van der Waals surface area contributed by atoms with Crippen molar-refractivity contribution in [2.45, 2.75) is 19.4 Å². The van der Waals surface area contributed by atoms with Crippen LogP contribution in [0.25, 0.3) is 10.9 Å². The maximum atomic E-state index is 11.2. The van der Waals surface area contributed by atoms with Crippen molar-refractivity contribution >= 4 is 22.6 Å². The number of nitro benzene ring substituents is 1. The first-order valence-corrected chi connectivity index (χ1v) is 5.33. The van der Waals surface area contributed by atoms with E-state index in [1.807, 2.05) is 0 Å². The SMILES string of the molecule is CC(C)(C(=O)O)n1ccc2ccc([N+](=O)[O-])cc21. The van der Waals surface area contributed by atoms with Crippen molar-refractivity contribution < 1.29 is 14.8 Å².